The van der Waals surface area contributed by atoms with Crippen molar-refractivity contribution in [2.45, 2.75) is 57.5 Å². The summed E-state index contributed by atoms with van der Waals surface area (Å²) in [5, 5.41) is 4.55. The zero-order valence-electron chi connectivity index (χ0n) is 18.0. The smallest absolute Gasteiger partial charge is 0.223 e. The van der Waals surface area contributed by atoms with Crippen LogP contribution in [0.3, 0.4) is 0 Å². The second-order valence-electron chi connectivity index (χ2n) is 8.82. The summed E-state index contributed by atoms with van der Waals surface area (Å²) in [7, 11) is 0. The van der Waals surface area contributed by atoms with Crippen molar-refractivity contribution < 1.29 is 4.39 Å². The highest BCUT2D eigenvalue weighted by atomic mass is 32.1. The molecule has 1 aromatic carbocycles. The van der Waals surface area contributed by atoms with Crippen molar-refractivity contribution in [3.05, 3.63) is 47.4 Å². The fourth-order valence-electron chi connectivity index (χ4n) is 4.12. The zero-order valence-corrected chi connectivity index (χ0v) is 18.8. The lowest BCUT2D eigenvalue weighted by molar-refractivity contribution is 0.172. The van der Waals surface area contributed by atoms with Crippen LogP contribution in [0.5, 0.6) is 0 Å². The Morgan fingerprint density at radius 3 is 2.45 bits per heavy atom. The Labute approximate surface area is 186 Å². The minimum Gasteiger partial charge on any atom is -0.351 e. The first kappa shape index (κ1) is 20.5. The van der Waals surface area contributed by atoms with E-state index < -0.39 is 0 Å². The third-order valence-electron chi connectivity index (χ3n) is 6.17. The van der Waals surface area contributed by atoms with Gasteiger partial charge < -0.3 is 10.2 Å². The number of thiazole rings is 1. The molecular formula is C24H28FN5S. The maximum Gasteiger partial charge on any atom is 0.223 e. The van der Waals surface area contributed by atoms with E-state index in [1.54, 1.807) is 11.3 Å². The summed E-state index contributed by atoms with van der Waals surface area (Å²) >= 11 is 1.73. The molecule has 0 bridgehead atoms. The lowest BCUT2D eigenvalue weighted by Crippen LogP contribution is -2.37. The molecule has 1 N–H and O–H groups in total. The average molecular weight is 438 g/mol. The maximum absolute atomic E-state index is 13.6. The first-order valence-corrected chi connectivity index (χ1v) is 12.0. The molecule has 0 unspecified atom stereocenters. The average Bonchev–Trinajstić information content (AvgIpc) is 3.48. The maximum atomic E-state index is 13.6. The van der Waals surface area contributed by atoms with Gasteiger partial charge in [0.2, 0.25) is 5.95 Å². The molecule has 1 aliphatic heterocycles. The van der Waals surface area contributed by atoms with Crippen LogP contribution in [0, 0.1) is 5.82 Å². The summed E-state index contributed by atoms with van der Waals surface area (Å²) in [6, 6.07) is 9.64. The Kier molecular flexibility index (Phi) is 5.71. The summed E-state index contributed by atoms with van der Waals surface area (Å²) in [6.45, 7) is 6.73. The highest BCUT2D eigenvalue weighted by Gasteiger charge is 2.27. The molecule has 3 aromatic rings. The van der Waals surface area contributed by atoms with Gasteiger partial charge in [-0.15, -0.1) is 11.3 Å². The van der Waals surface area contributed by atoms with Gasteiger partial charge in [0.05, 0.1) is 21.3 Å². The molecule has 0 radical (unpaired) electrons. The second kappa shape index (κ2) is 8.63. The van der Waals surface area contributed by atoms with Crippen molar-refractivity contribution in [2.24, 2.45) is 0 Å². The quantitative estimate of drug-likeness (QED) is 0.546. The van der Waals surface area contributed by atoms with Crippen LogP contribution in [0.15, 0.2) is 36.5 Å². The molecule has 2 fully saturated rings. The van der Waals surface area contributed by atoms with Crippen molar-refractivity contribution in [3.63, 3.8) is 0 Å². The lowest BCUT2D eigenvalue weighted by Gasteiger charge is -2.33. The summed E-state index contributed by atoms with van der Waals surface area (Å²) in [4.78, 5) is 17.8. The van der Waals surface area contributed by atoms with Gasteiger partial charge >= 0.3 is 0 Å². The number of nitrogens with one attached hydrogen (secondary N) is 1. The van der Waals surface area contributed by atoms with Crippen LogP contribution in [0.1, 0.15) is 50.5 Å². The highest BCUT2D eigenvalue weighted by Crippen LogP contribution is 2.41. The number of piperidine rings is 1. The van der Waals surface area contributed by atoms with Gasteiger partial charge in [-0.2, -0.15) is 0 Å². The summed E-state index contributed by atoms with van der Waals surface area (Å²) < 4.78 is 13.6. The van der Waals surface area contributed by atoms with Gasteiger partial charge in [0.1, 0.15) is 5.82 Å². The minimum absolute atomic E-state index is 0.236. The molecule has 1 aliphatic carbocycles. The standard InChI is InChI=1S/C24H28FN5S/c1-15(2)30-13-10-17(11-14-30)23-29-21(16-3-5-18(25)6-4-16)22(31-23)20-9-12-26-24(28-20)27-19-7-8-19/h3-6,9,12,15,17,19H,7-8,10-11,13-14H2,1-2H3,(H,26,27,28). The number of nitrogens with zero attached hydrogens (tertiary/aromatic N) is 4. The molecular weight excluding hydrogens is 409 g/mol. The van der Waals surface area contributed by atoms with Crippen molar-refractivity contribution in [2.75, 3.05) is 18.4 Å². The second-order valence-corrected chi connectivity index (χ2v) is 9.86. The number of aromatic nitrogens is 3. The topological polar surface area (TPSA) is 53.9 Å². The Balaban J connectivity index is 1.49. The number of likely N-dealkylation sites (tertiary alicyclic amines) is 1. The number of hydrogen-bond donors (Lipinski definition) is 1. The summed E-state index contributed by atoms with van der Waals surface area (Å²) in [6.07, 6.45) is 6.39. The van der Waals surface area contributed by atoms with Crippen LogP contribution >= 0.6 is 11.3 Å². The van der Waals surface area contributed by atoms with E-state index in [0.717, 1.165) is 52.8 Å². The molecule has 3 heterocycles. The van der Waals surface area contributed by atoms with Crippen molar-refractivity contribution in [1.29, 1.82) is 0 Å². The Bertz CT molecular complexity index is 1040. The van der Waals surface area contributed by atoms with Crippen molar-refractivity contribution >= 4 is 17.3 Å². The third-order valence-corrected chi connectivity index (χ3v) is 7.41. The van der Waals surface area contributed by atoms with Gasteiger partial charge in [-0.05, 0) is 83.0 Å². The van der Waals surface area contributed by atoms with Gasteiger partial charge in [-0.3, -0.25) is 0 Å². The zero-order chi connectivity index (χ0) is 21.4. The fraction of sp³-hybridized carbons (Fsp3) is 0.458. The van der Waals surface area contributed by atoms with Gasteiger partial charge in [0.15, 0.2) is 0 Å². The van der Waals surface area contributed by atoms with Crippen LogP contribution in [0.25, 0.3) is 21.8 Å². The first-order valence-electron chi connectivity index (χ1n) is 11.2. The molecule has 2 aliphatic rings. The van der Waals surface area contributed by atoms with E-state index in [-0.39, 0.29) is 5.82 Å². The predicted molar refractivity (Wildman–Crippen MR) is 124 cm³/mol. The Hall–Kier alpha value is -2.38. The van der Waals surface area contributed by atoms with E-state index in [1.165, 1.54) is 25.0 Å². The van der Waals surface area contributed by atoms with E-state index in [2.05, 4.69) is 29.0 Å². The molecule has 31 heavy (non-hydrogen) atoms. The van der Waals surface area contributed by atoms with Gasteiger partial charge in [-0.25, -0.2) is 19.3 Å². The molecule has 0 spiro atoms. The van der Waals surface area contributed by atoms with Crippen LogP contribution in [-0.2, 0) is 0 Å². The number of anilines is 1. The molecule has 5 rings (SSSR count). The Morgan fingerprint density at radius 2 is 1.77 bits per heavy atom. The van der Waals surface area contributed by atoms with Crippen molar-refractivity contribution in [1.82, 2.24) is 19.9 Å². The van der Waals surface area contributed by atoms with Crippen LogP contribution < -0.4 is 5.32 Å². The van der Waals surface area contributed by atoms with E-state index in [1.807, 2.05) is 24.4 Å². The fourth-order valence-corrected chi connectivity index (χ4v) is 5.34. The molecule has 1 saturated heterocycles. The molecule has 2 aromatic heterocycles. The normalized spacial score (nSPS) is 17.9. The van der Waals surface area contributed by atoms with E-state index >= 15 is 0 Å². The Morgan fingerprint density at radius 1 is 1.03 bits per heavy atom. The number of rotatable bonds is 6. The summed E-state index contributed by atoms with van der Waals surface area (Å²) in [5.74, 6) is 0.892. The third kappa shape index (κ3) is 4.62. The number of halogens is 1. The highest BCUT2D eigenvalue weighted by molar-refractivity contribution is 7.15. The van der Waals surface area contributed by atoms with E-state index in [4.69, 9.17) is 9.97 Å². The van der Waals surface area contributed by atoms with Crippen molar-refractivity contribution in [3.8, 4) is 21.8 Å². The first-order chi connectivity index (χ1) is 15.1. The summed E-state index contributed by atoms with van der Waals surface area (Å²) in [5.41, 5.74) is 2.69. The molecule has 5 nitrogen and oxygen atoms in total. The molecule has 7 heteroatoms. The minimum atomic E-state index is -0.236. The van der Waals surface area contributed by atoms with Crippen LogP contribution in [-0.4, -0.2) is 45.0 Å². The van der Waals surface area contributed by atoms with Gasteiger partial charge in [0, 0.05) is 29.8 Å². The van der Waals surface area contributed by atoms with E-state index in [0.29, 0.717) is 23.9 Å². The lowest BCUT2D eigenvalue weighted by atomic mass is 9.96. The van der Waals surface area contributed by atoms with Crippen LogP contribution in [0.2, 0.25) is 0 Å². The molecule has 1 saturated carbocycles. The monoisotopic (exact) mass is 437 g/mol. The molecule has 162 valence electrons. The van der Waals surface area contributed by atoms with E-state index in [9.17, 15) is 4.39 Å². The molecule has 0 atom stereocenters. The largest absolute Gasteiger partial charge is 0.351 e. The van der Waals surface area contributed by atoms with Crippen LogP contribution in [0.4, 0.5) is 10.3 Å². The predicted octanol–water partition coefficient (Wildman–Crippen LogP) is 5.57. The number of benzene rings is 1. The molecule has 0 amide bonds. The SMILES string of the molecule is CC(C)N1CCC(c2nc(-c3ccc(F)cc3)c(-c3ccnc(NC4CC4)n3)s2)CC1. The number of hydrogen-bond acceptors (Lipinski definition) is 6. The van der Waals surface area contributed by atoms with Gasteiger partial charge in [-0.1, -0.05) is 0 Å². The van der Waals surface area contributed by atoms with Gasteiger partial charge in [0.25, 0.3) is 0 Å².